The average molecular weight is 292 g/mol. The molecular weight excluding hydrogens is 276 g/mol. The van der Waals surface area contributed by atoms with E-state index in [0.717, 1.165) is 21.6 Å². The molecule has 21 heavy (non-hydrogen) atoms. The molecule has 0 spiro atoms. The van der Waals surface area contributed by atoms with Crippen molar-refractivity contribution in [1.82, 2.24) is 0 Å². The molecule has 0 aliphatic rings. The Morgan fingerprint density at radius 1 is 0.857 bits per heavy atom. The van der Waals surface area contributed by atoms with E-state index in [9.17, 15) is 4.79 Å². The van der Waals surface area contributed by atoms with E-state index in [2.05, 4.69) is 0 Å². The molecule has 3 aromatic rings. The van der Waals surface area contributed by atoms with Crippen molar-refractivity contribution in [3.8, 4) is 0 Å². The van der Waals surface area contributed by atoms with E-state index in [1.54, 1.807) is 11.3 Å². The maximum absolute atomic E-state index is 13.0. The molecule has 2 aromatic carbocycles. The van der Waals surface area contributed by atoms with Crippen molar-refractivity contribution in [1.29, 1.82) is 0 Å². The third-order valence-corrected chi connectivity index (χ3v) is 4.50. The van der Waals surface area contributed by atoms with Crippen LogP contribution in [0.5, 0.6) is 0 Å². The van der Waals surface area contributed by atoms with E-state index in [1.165, 1.54) is 0 Å². The summed E-state index contributed by atoms with van der Waals surface area (Å²) in [7, 11) is 0. The molecule has 0 aliphatic heterocycles. The Kier molecular flexibility index (Phi) is 3.98. The summed E-state index contributed by atoms with van der Waals surface area (Å²) in [5.74, 6) is -0.0631. The van der Waals surface area contributed by atoms with Crippen LogP contribution < -0.4 is 0 Å². The Balaban J connectivity index is 2.09. The van der Waals surface area contributed by atoms with Gasteiger partial charge in [-0.1, -0.05) is 60.7 Å². The van der Waals surface area contributed by atoms with Gasteiger partial charge in [0.05, 0.1) is 5.92 Å². The van der Waals surface area contributed by atoms with Gasteiger partial charge in [0.15, 0.2) is 5.78 Å². The van der Waals surface area contributed by atoms with Crippen LogP contribution in [0.4, 0.5) is 0 Å². The maximum Gasteiger partial charge on any atom is 0.175 e. The van der Waals surface area contributed by atoms with E-state index < -0.39 is 0 Å². The first kappa shape index (κ1) is 13.8. The van der Waals surface area contributed by atoms with Crippen LogP contribution in [0.2, 0.25) is 0 Å². The number of Topliss-reactive ketones (excluding diaryl/α,β-unsaturated/α-hetero) is 1. The third kappa shape index (κ3) is 2.81. The first-order valence-electron chi connectivity index (χ1n) is 6.95. The van der Waals surface area contributed by atoms with Crippen molar-refractivity contribution in [2.75, 3.05) is 0 Å². The Morgan fingerprint density at radius 3 is 1.81 bits per heavy atom. The van der Waals surface area contributed by atoms with Gasteiger partial charge in [-0.2, -0.15) is 0 Å². The van der Waals surface area contributed by atoms with Gasteiger partial charge in [0, 0.05) is 10.4 Å². The molecule has 0 N–H and O–H groups in total. The standard InChI is InChI=1S/C19H16OS/c1-14-17(12-13-21-14)19(20)18(15-8-4-2-5-9-15)16-10-6-3-7-11-16/h2-13,18H,1H3. The molecule has 0 unspecified atom stereocenters. The van der Waals surface area contributed by atoms with Crippen LogP contribution in [-0.4, -0.2) is 5.78 Å². The number of thiophene rings is 1. The predicted octanol–water partition coefficient (Wildman–Crippen LogP) is 5.07. The van der Waals surface area contributed by atoms with E-state index >= 15 is 0 Å². The van der Waals surface area contributed by atoms with Crippen molar-refractivity contribution < 1.29 is 4.79 Å². The van der Waals surface area contributed by atoms with Gasteiger partial charge in [-0.15, -0.1) is 11.3 Å². The minimum atomic E-state index is -0.235. The van der Waals surface area contributed by atoms with Crippen LogP contribution in [0.1, 0.15) is 32.3 Å². The number of hydrogen-bond acceptors (Lipinski definition) is 2. The first-order valence-corrected chi connectivity index (χ1v) is 7.83. The van der Waals surface area contributed by atoms with Gasteiger partial charge in [0.1, 0.15) is 0 Å². The molecule has 0 saturated heterocycles. The molecule has 0 radical (unpaired) electrons. The van der Waals surface area contributed by atoms with Gasteiger partial charge in [-0.25, -0.2) is 0 Å². The van der Waals surface area contributed by atoms with Gasteiger partial charge in [-0.3, -0.25) is 4.79 Å². The highest BCUT2D eigenvalue weighted by molar-refractivity contribution is 7.10. The summed E-state index contributed by atoms with van der Waals surface area (Å²) in [4.78, 5) is 14.1. The number of benzene rings is 2. The fourth-order valence-electron chi connectivity index (χ4n) is 2.58. The summed E-state index contributed by atoms with van der Waals surface area (Å²) in [6, 6.07) is 21.9. The molecule has 0 bridgehead atoms. The summed E-state index contributed by atoms with van der Waals surface area (Å²) in [6.07, 6.45) is 0. The molecule has 2 heteroatoms. The van der Waals surface area contributed by atoms with Gasteiger partial charge < -0.3 is 0 Å². The molecular formula is C19H16OS. The topological polar surface area (TPSA) is 17.1 Å². The zero-order valence-electron chi connectivity index (χ0n) is 11.8. The smallest absolute Gasteiger partial charge is 0.175 e. The van der Waals surface area contributed by atoms with Crippen molar-refractivity contribution >= 4 is 17.1 Å². The fourth-order valence-corrected chi connectivity index (χ4v) is 3.29. The Bertz CT molecular complexity index is 689. The number of ketones is 1. The molecule has 0 amide bonds. The van der Waals surface area contributed by atoms with Crippen LogP contribution in [0.3, 0.4) is 0 Å². The summed E-state index contributed by atoms with van der Waals surface area (Å²) >= 11 is 1.62. The third-order valence-electron chi connectivity index (χ3n) is 3.65. The average Bonchev–Trinajstić information content (AvgIpc) is 2.96. The molecule has 0 aliphatic carbocycles. The lowest BCUT2D eigenvalue weighted by atomic mass is 9.85. The van der Waals surface area contributed by atoms with E-state index in [0.29, 0.717) is 0 Å². The lowest BCUT2D eigenvalue weighted by Crippen LogP contribution is -2.14. The fraction of sp³-hybridized carbons (Fsp3) is 0.105. The largest absolute Gasteiger partial charge is 0.293 e. The summed E-state index contributed by atoms with van der Waals surface area (Å²) in [6.45, 7) is 2.00. The minimum absolute atomic E-state index is 0.172. The normalized spacial score (nSPS) is 10.8. The summed E-state index contributed by atoms with van der Waals surface area (Å²) in [5.41, 5.74) is 2.91. The highest BCUT2D eigenvalue weighted by Crippen LogP contribution is 2.30. The number of aryl methyl sites for hydroxylation is 1. The highest BCUT2D eigenvalue weighted by Gasteiger charge is 2.25. The Hall–Kier alpha value is -2.19. The van der Waals surface area contributed by atoms with Crippen molar-refractivity contribution in [3.63, 3.8) is 0 Å². The van der Waals surface area contributed by atoms with Crippen molar-refractivity contribution in [2.45, 2.75) is 12.8 Å². The SMILES string of the molecule is Cc1sccc1C(=O)C(c1ccccc1)c1ccccc1. The van der Waals surface area contributed by atoms with Crippen LogP contribution in [-0.2, 0) is 0 Å². The van der Waals surface area contributed by atoms with E-state index in [-0.39, 0.29) is 11.7 Å². The van der Waals surface area contributed by atoms with Crippen LogP contribution >= 0.6 is 11.3 Å². The second-order valence-corrected chi connectivity index (χ2v) is 6.13. The zero-order chi connectivity index (χ0) is 14.7. The van der Waals surface area contributed by atoms with Crippen LogP contribution in [0, 0.1) is 6.92 Å². The number of hydrogen-bond donors (Lipinski definition) is 0. The quantitative estimate of drug-likeness (QED) is 0.613. The van der Waals surface area contributed by atoms with Crippen LogP contribution in [0.25, 0.3) is 0 Å². The summed E-state index contributed by atoms with van der Waals surface area (Å²) in [5, 5.41) is 1.98. The maximum atomic E-state index is 13.0. The van der Waals surface area contributed by atoms with Gasteiger partial charge in [0.2, 0.25) is 0 Å². The van der Waals surface area contributed by atoms with Crippen LogP contribution in [0.15, 0.2) is 72.1 Å². The minimum Gasteiger partial charge on any atom is -0.293 e. The molecule has 3 rings (SSSR count). The molecule has 0 fully saturated rings. The molecule has 104 valence electrons. The predicted molar refractivity (Wildman–Crippen MR) is 88.1 cm³/mol. The lowest BCUT2D eigenvalue weighted by molar-refractivity contribution is 0.0974. The highest BCUT2D eigenvalue weighted by atomic mass is 32.1. The second kappa shape index (κ2) is 6.06. The molecule has 1 aromatic heterocycles. The summed E-state index contributed by atoms with van der Waals surface area (Å²) < 4.78 is 0. The first-order chi connectivity index (χ1) is 10.3. The number of rotatable bonds is 4. The van der Waals surface area contributed by atoms with E-state index in [4.69, 9.17) is 0 Å². The number of carbonyl (C=O) groups excluding carboxylic acids is 1. The molecule has 0 atom stereocenters. The monoisotopic (exact) mass is 292 g/mol. The van der Waals surface area contributed by atoms with Gasteiger partial charge >= 0.3 is 0 Å². The van der Waals surface area contributed by atoms with Crippen molar-refractivity contribution in [2.24, 2.45) is 0 Å². The Morgan fingerprint density at radius 2 is 1.38 bits per heavy atom. The molecule has 1 nitrogen and oxygen atoms in total. The van der Waals surface area contributed by atoms with Gasteiger partial charge in [0.25, 0.3) is 0 Å². The molecule has 1 heterocycles. The number of carbonyl (C=O) groups is 1. The lowest BCUT2D eigenvalue weighted by Gasteiger charge is -2.17. The van der Waals surface area contributed by atoms with Crippen molar-refractivity contribution in [3.05, 3.63) is 93.7 Å². The second-order valence-electron chi connectivity index (χ2n) is 5.01. The zero-order valence-corrected chi connectivity index (χ0v) is 12.6. The van der Waals surface area contributed by atoms with Gasteiger partial charge in [-0.05, 0) is 29.5 Å². The Labute approximate surface area is 128 Å². The van der Waals surface area contributed by atoms with E-state index in [1.807, 2.05) is 79.0 Å². The molecule has 0 saturated carbocycles.